The topological polar surface area (TPSA) is 49.3 Å². The highest BCUT2D eigenvalue weighted by atomic mass is 19.1. The highest BCUT2D eigenvalue weighted by molar-refractivity contribution is 6.04. The van der Waals surface area contributed by atoms with Crippen LogP contribution in [0.5, 0.6) is 0 Å². The lowest BCUT2D eigenvalue weighted by Crippen LogP contribution is -2.43. The first-order chi connectivity index (χ1) is 16.7. The largest absolute Gasteiger partial charge is 0.371 e. The molecule has 4 aromatic rings. The van der Waals surface area contributed by atoms with Crippen molar-refractivity contribution >= 4 is 28.2 Å². The lowest BCUT2D eigenvalue weighted by Gasteiger charge is -2.34. The molecule has 5 rings (SSSR count). The first kappa shape index (κ1) is 22.2. The SMILES string of the molecule is O=C(Nc1ccc(N2CCC(NCCn3ccc4ccccc43)CC2)cc1)c1ccccc1F. The summed E-state index contributed by atoms with van der Waals surface area (Å²) in [4.78, 5) is 14.7. The second-order valence-corrected chi connectivity index (χ2v) is 8.76. The summed E-state index contributed by atoms with van der Waals surface area (Å²) < 4.78 is 16.1. The molecule has 2 heterocycles. The summed E-state index contributed by atoms with van der Waals surface area (Å²) in [5.74, 6) is -0.958. The normalized spacial score (nSPS) is 14.4. The van der Waals surface area contributed by atoms with Crippen molar-refractivity contribution in [2.24, 2.45) is 0 Å². The van der Waals surface area contributed by atoms with Crippen molar-refractivity contribution < 1.29 is 9.18 Å². The van der Waals surface area contributed by atoms with Crippen LogP contribution in [-0.4, -0.2) is 36.2 Å². The smallest absolute Gasteiger partial charge is 0.258 e. The molecule has 1 saturated heterocycles. The summed E-state index contributed by atoms with van der Waals surface area (Å²) in [5, 5.41) is 7.78. The summed E-state index contributed by atoms with van der Waals surface area (Å²) in [5.41, 5.74) is 3.13. The number of fused-ring (bicyclic) bond motifs is 1. The second kappa shape index (κ2) is 10.1. The van der Waals surface area contributed by atoms with Gasteiger partial charge in [-0.1, -0.05) is 30.3 Å². The Balaban J connectivity index is 1.09. The summed E-state index contributed by atoms with van der Waals surface area (Å²) in [7, 11) is 0. The number of benzene rings is 3. The maximum Gasteiger partial charge on any atom is 0.258 e. The Bertz CT molecular complexity index is 1260. The van der Waals surface area contributed by atoms with Gasteiger partial charge in [0.25, 0.3) is 5.91 Å². The van der Waals surface area contributed by atoms with Crippen molar-refractivity contribution in [3.8, 4) is 0 Å². The van der Waals surface area contributed by atoms with Crippen molar-refractivity contribution in [1.82, 2.24) is 9.88 Å². The van der Waals surface area contributed by atoms with Crippen LogP contribution in [0.15, 0.2) is 85.1 Å². The number of anilines is 2. The lowest BCUT2D eigenvalue weighted by molar-refractivity contribution is 0.102. The summed E-state index contributed by atoms with van der Waals surface area (Å²) in [6.45, 7) is 3.91. The molecule has 0 radical (unpaired) electrons. The molecule has 3 aromatic carbocycles. The molecule has 0 saturated carbocycles. The van der Waals surface area contributed by atoms with E-state index in [1.54, 1.807) is 12.1 Å². The fourth-order valence-electron chi connectivity index (χ4n) is 4.67. The minimum Gasteiger partial charge on any atom is -0.371 e. The third-order valence-electron chi connectivity index (χ3n) is 6.57. The van der Waals surface area contributed by atoms with Crippen LogP contribution in [0.25, 0.3) is 10.9 Å². The Morgan fingerprint density at radius 1 is 0.912 bits per heavy atom. The Labute approximate surface area is 199 Å². The van der Waals surface area contributed by atoms with Crippen LogP contribution in [-0.2, 0) is 6.54 Å². The molecule has 1 amide bonds. The van der Waals surface area contributed by atoms with Gasteiger partial charge >= 0.3 is 0 Å². The molecule has 174 valence electrons. The fourth-order valence-corrected chi connectivity index (χ4v) is 4.67. The van der Waals surface area contributed by atoms with Crippen LogP contribution in [0.4, 0.5) is 15.8 Å². The summed E-state index contributed by atoms with van der Waals surface area (Å²) in [6.07, 6.45) is 4.35. The number of carbonyl (C=O) groups excluding carboxylic acids is 1. The average molecular weight is 457 g/mol. The lowest BCUT2D eigenvalue weighted by atomic mass is 10.0. The van der Waals surface area contributed by atoms with Gasteiger partial charge in [0.15, 0.2) is 0 Å². The maximum absolute atomic E-state index is 13.8. The van der Waals surface area contributed by atoms with Crippen molar-refractivity contribution in [2.45, 2.75) is 25.4 Å². The molecule has 2 N–H and O–H groups in total. The van der Waals surface area contributed by atoms with Gasteiger partial charge < -0.3 is 20.1 Å². The number of para-hydroxylation sites is 1. The highest BCUT2D eigenvalue weighted by Gasteiger charge is 2.19. The van der Waals surface area contributed by atoms with Crippen LogP contribution < -0.4 is 15.5 Å². The molecule has 0 spiro atoms. The predicted molar refractivity (Wildman–Crippen MR) is 136 cm³/mol. The van der Waals surface area contributed by atoms with Crippen molar-refractivity contribution in [1.29, 1.82) is 0 Å². The number of nitrogens with one attached hydrogen (secondary N) is 2. The van der Waals surface area contributed by atoms with Crippen LogP contribution in [0.2, 0.25) is 0 Å². The third kappa shape index (κ3) is 4.97. The van der Waals surface area contributed by atoms with E-state index in [0.717, 1.165) is 44.7 Å². The molecule has 1 aliphatic heterocycles. The van der Waals surface area contributed by atoms with Gasteiger partial charge in [-0.3, -0.25) is 4.79 Å². The molecule has 5 nitrogen and oxygen atoms in total. The minimum atomic E-state index is -0.519. The number of piperidine rings is 1. The monoisotopic (exact) mass is 456 g/mol. The number of nitrogens with zero attached hydrogens (tertiary/aromatic N) is 2. The number of hydrogen-bond acceptors (Lipinski definition) is 3. The Morgan fingerprint density at radius 2 is 1.65 bits per heavy atom. The van der Waals surface area contributed by atoms with Crippen LogP contribution >= 0.6 is 0 Å². The van der Waals surface area contributed by atoms with Gasteiger partial charge in [0.2, 0.25) is 0 Å². The molecule has 34 heavy (non-hydrogen) atoms. The Kier molecular flexibility index (Phi) is 6.58. The minimum absolute atomic E-state index is 0.0473. The molecule has 0 unspecified atom stereocenters. The third-order valence-corrected chi connectivity index (χ3v) is 6.57. The van der Waals surface area contributed by atoms with Gasteiger partial charge in [0.1, 0.15) is 5.82 Å². The van der Waals surface area contributed by atoms with E-state index in [9.17, 15) is 9.18 Å². The average Bonchev–Trinajstić information content (AvgIpc) is 3.28. The fraction of sp³-hybridized carbons (Fsp3) is 0.250. The number of rotatable bonds is 7. The number of aromatic nitrogens is 1. The first-order valence-corrected chi connectivity index (χ1v) is 11.9. The van der Waals surface area contributed by atoms with E-state index >= 15 is 0 Å². The Morgan fingerprint density at radius 3 is 2.44 bits per heavy atom. The zero-order valence-electron chi connectivity index (χ0n) is 19.1. The number of amides is 1. The quantitative estimate of drug-likeness (QED) is 0.397. The van der Waals surface area contributed by atoms with E-state index in [-0.39, 0.29) is 5.56 Å². The van der Waals surface area contributed by atoms with Crippen molar-refractivity contribution in [3.63, 3.8) is 0 Å². The number of halogens is 1. The second-order valence-electron chi connectivity index (χ2n) is 8.76. The van der Waals surface area contributed by atoms with E-state index in [2.05, 4.69) is 56.6 Å². The van der Waals surface area contributed by atoms with Crippen LogP contribution in [0, 0.1) is 5.82 Å². The molecule has 6 heteroatoms. The first-order valence-electron chi connectivity index (χ1n) is 11.9. The van der Waals surface area contributed by atoms with E-state index < -0.39 is 11.7 Å². The van der Waals surface area contributed by atoms with E-state index in [4.69, 9.17) is 0 Å². The number of carbonyl (C=O) groups is 1. The standard InChI is InChI=1S/C28H29FN4O/c29-26-7-3-2-6-25(26)28(34)31-23-9-11-24(12-10-23)32-18-14-22(15-19-32)30-16-20-33-17-13-21-5-1-4-8-27(21)33/h1-13,17,22,30H,14-16,18-20H2,(H,31,34). The highest BCUT2D eigenvalue weighted by Crippen LogP contribution is 2.23. The van der Waals surface area contributed by atoms with Crippen molar-refractivity contribution in [2.75, 3.05) is 29.9 Å². The Hall–Kier alpha value is -3.64. The predicted octanol–water partition coefficient (Wildman–Crippen LogP) is 5.29. The molecular weight excluding hydrogens is 427 g/mol. The van der Waals surface area contributed by atoms with E-state index in [1.807, 2.05) is 24.3 Å². The maximum atomic E-state index is 13.8. The van der Waals surface area contributed by atoms with Gasteiger partial charge in [-0.25, -0.2) is 4.39 Å². The molecular formula is C28H29FN4O. The van der Waals surface area contributed by atoms with E-state index in [1.165, 1.54) is 23.0 Å². The van der Waals surface area contributed by atoms with Crippen molar-refractivity contribution in [3.05, 3.63) is 96.4 Å². The molecule has 0 bridgehead atoms. The van der Waals surface area contributed by atoms with Gasteiger partial charge in [-0.15, -0.1) is 0 Å². The summed E-state index contributed by atoms with van der Waals surface area (Å²) >= 11 is 0. The molecule has 1 aromatic heterocycles. The van der Waals surface area contributed by atoms with Crippen LogP contribution in [0.1, 0.15) is 23.2 Å². The van der Waals surface area contributed by atoms with E-state index in [0.29, 0.717) is 11.7 Å². The van der Waals surface area contributed by atoms with Gasteiger partial charge in [-0.2, -0.15) is 0 Å². The van der Waals surface area contributed by atoms with Crippen LogP contribution in [0.3, 0.4) is 0 Å². The van der Waals surface area contributed by atoms with Gasteiger partial charge in [-0.05, 0) is 66.8 Å². The molecule has 0 atom stereocenters. The van der Waals surface area contributed by atoms with Gasteiger partial charge in [0, 0.05) is 55.3 Å². The number of hydrogen-bond donors (Lipinski definition) is 2. The molecule has 0 aliphatic carbocycles. The summed E-state index contributed by atoms with van der Waals surface area (Å²) in [6, 6.07) is 25.0. The zero-order valence-corrected chi connectivity index (χ0v) is 19.1. The molecule has 1 fully saturated rings. The van der Waals surface area contributed by atoms with Gasteiger partial charge in [0.05, 0.1) is 5.56 Å². The molecule has 1 aliphatic rings. The zero-order chi connectivity index (χ0) is 23.3.